The second-order valence-electron chi connectivity index (χ2n) is 18.2. The summed E-state index contributed by atoms with van der Waals surface area (Å²) < 4.78 is 0. The average molecular weight is 823 g/mol. The van der Waals surface area contributed by atoms with Crippen LogP contribution in [0.4, 0.5) is 5.69 Å². The van der Waals surface area contributed by atoms with Gasteiger partial charge >= 0.3 is 0 Å². The zero-order valence-corrected chi connectivity index (χ0v) is 37.3. The molecule has 0 fully saturated rings. The monoisotopic (exact) mass is 822 g/mol. The predicted molar refractivity (Wildman–Crippen MR) is 270 cm³/mol. The highest BCUT2D eigenvalue weighted by Gasteiger charge is 2.41. The van der Waals surface area contributed by atoms with Crippen LogP contribution in [0.3, 0.4) is 0 Å². The Kier molecular flexibility index (Phi) is 12.3. The number of para-hydroxylation sites is 1. The van der Waals surface area contributed by atoms with Crippen LogP contribution in [0.2, 0.25) is 0 Å². The van der Waals surface area contributed by atoms with E-state index in [0.717, 1.165) is 61.1 Å². The largest absolute Gasteiger partial charge is 0.334 e. The molecular weight excluding hydrogens is 761 g/mol. The second kappa shape index (κ2) is 18.5. The van der Waals surface area contributed by atoms with Crippen molar-refractivity contribution < 1.29 is 0 Å². The van der Waals surface area contributed by atoms with Crippen molar-refractivity contribution >= 4 is 23.5 Å². The Morgan fingerprint density at radius 2 is 1.59 bits per heavy atom. The molecule has 2 heteroatoms. The van der Waals surface area contributed by atoms with E-state index in [0.29, 0.717) is 5.92 Å². The number of fused-ring (bicyclic) bond motifs is 3. The number of benzene rings is 3. The molecule has 0 aliphatic heterocycles. The maximum Gasteiger partial charge on any atom is 0.0628 e. The van der Waals surface area contributed by atoms with Gasteiger partial charge in [-0.1, -0.05) is 191 Å². The third-order valence-corrected chi connectivity index (χ3v) is 13.9. The molecule has 0 spiro atoms. The van der Waals surface area contributed by atoms with Crippen LogP contribution in [0.25, 0.3) is 17.8 Å². The van der Waals surface area contributed by atoms with Gasteiger partial charge in [-0.2, -0.15) is 0 Å². The first kappa shape index (κ1) is 41.9. The third kappa shape index (κ3) is 8.32. The molecule has 0 saturated carbocycles. The smallest absolute Gasteiger partial charge is 0.0628 e. The van der Waals surface area contributed by atoms with Crippen LogP contribution in [-0.4, -0.2) is 17.0 Å². The Morgan fingerprint density at radius 1 is 0.762 bits per heavy atom. The van der Waals surface area contributed by atoms with Gasteiger partial charge in [-0.15, -0.1) is 6.58 Å². The number of anilines is 1. The summed E-state index contributed by atoms with van der Waals surface area (Å²) >= 11 is 0. The van der Waals surface area contributed by atoms with E-state index in [9.17, 15) is 0 Å². The molecule has 6 aliphatic carbocycles. The van der Waals surface area contributed by atoms with E-state index in [1.807, 2.05) is 12.2 Å². The van der Waals surface area contributed by atoms with E-state index in [4.69, 9.17) is 0 Å². The number of nitrogens with zero attached hydrogens (tertiary/aromatic N) is 2. The molecular formula is C61H62N2. The van der Waals surface area contributed by atoms with Gasteiger partial charge in [-0.25, -0.2) is 0 Å². The fourth-order valence-electron chi connectivity index (χ4n) is 10.7. The maximum atomic E-state index is 4.43. The predicted octanol–water partition coefficient (Wildman–Crippen LogP) is 13.6. The highest BCUT2D eigenvalue weighted by atomic mass is 15.2. The second-order valence-corrected chi connectivity index (χ2v) is 18.2. The minimum atomic E-state index is -0.0568. The van der Waals surface area contributed by atoms with Crippen LogP contribution in [0.1, 0.15) is 81.4 Å². The lowest BCUT2D eigenvalue weighted by Gasteiger charge is -2.40. The Labute approximate surface area is 376 Å². The fraction of sp³-hybridized carbons (Fsp3) is 0.246. The number of hydrogen-bond donors (Lipinski definition) is 0. The van der Waals surface area contributed by atoms with Crippen molar-refractivity contribution in [3.8, 4) is 0 Å². The van der Waals surface area contributed by atoms with E-state index in [1.165, 1.54) is 50.5 Å². The Bertz CT molecular complexity index is 2730. The van der Waals surface area contributed by atoms with Crippen molar-refractivity contribution in [2.75, 3.05) is 4.90 Å². The summed E-state index contributed by atoms with van der Waals surface area (Å²) in [6.07, 6.45) is 51.7. The normalized spacial score (nSPS) is 24.7. The van der Waals surface area contributed by atoms with E-state index in [1.54, 1.807) is 0 Å². The number of hydrogen-bond acceptors (Lipinski definition) is 2. The molecule has 63 heavy (non-hydrogen) atoms. The quantitative estimate of drug-likeness (QED) is 0.125. The standard InChI is InChI=1S/C61H62N2/c1-6-8-9-11-23-45-33-39-49(40-34-45)62(50-41-42-55-54-29-16-19-30-56(54)61(4,5)57(55)43-50)59-31-20-17-27-52(59)46-35-37-47(38-36-46)53-28-18-21-32-60(53)63(48-24-12-10-13-25-48)58(7-2)51-26-15-14-22-44(51)3/h6-7,11-12,14-33,35,37-40,42-43,45-46,50,53,60H,1-3,8-10,13,34,36,41H2,4-5H3/b23-11+,58-51+. The van der Waals surface area contributed by atoms with Crippen molar-refractivity contribution in [3.63, 3.8) is 0 Å². The highest BCUT2D eigenvalue weighted by molar-refractivity contribution is 5.91. The average Bonchev–Trinajstić information content (AvgIpc) is 3.56. The third-order valence-electron chi connectivity index (χ3n) is 13.9. The molecule has 5 unspecified atom stereocenters. The topological polar surface area (TPSA) is 6.48 Å². The SMILES string of the molecule is C=CCC/C=C/C1C=CC(N(c2ccccc2C2C=CC(C3C=CC=CC3N(C3=CCCC=C3)/C(C=C)=c3\ccccc3=C)=CC2)C2C=C3C(=CC2)c2ccccc2C3(C)C)=CC1. The maximum absolute atomic E-state index is 4.43. The summed E-state index contributed by atoms with van der Waals surface area (Å²) in [4.78, 5) is 5.16. The zero-order valence-electron chi connectivity index (χ0n) is 37.3. The lowest BCUT2D eigenvalue weighted by Crippen LogP contribution is -2.42. The summed E-state index contributed by atoms with van der Waals surface area (Å²) in [5, 5.41) is 2.12. The minimum absolute atomic E-state index is 0.0568. The van der Waals surface area contributed by atoms with Gasteiger partial charge in [0.1, 0.15) is 0 Å². The van der Waals surface area contributed by atoms with Crippen LogP contribution < -0.4 is 15.3 Å². The molecule has 9 rings (SSSR count). The van der Waals surface area contributed by atoms with E-state index in [2.05, 4.69) is 219 Å². The summed E-state index contributed by atoms with van der Waals surface area (Å²) in [6.45, 7) is 17.5. The number of unbranched alkanes of at least 4 members (excludes halogenated alkanes) is 1. The van der Waals surface area contributed by atoms with E-state index in [-0.39, 0.29) is 29.3 Å². The van der Waals surface area contributed by atoms with Crippen LogP contribution >= 0.6 is 0 Å². The first-order valence-corrected chi connectivity index (χ1v) is 23.2. The summed E-state index contributed by atoms with van der Waals surface area (Å²) in [7, 11) is 0. The lowest BCUT2D eigenvalue weighted by atomic mass is 9.79. The molecule has 3 aromatic carbocycles. The molecule has 0 radical (unpaired) electrons. The van der Waals surface area contributed by atoms with Gasteiger partial charge in [-0.05, 0) is 114 Å². The van der Waals surface area contributed by atoms with Gasteiger partial charge < -0.3 is 9.80 Å². The Balaban J connectivity index is 1.05. The van der Waals surface area contributed by atoms with Crippen molar-refractivity contribution in [3.05, 3.63) is 251 Å². The first-order chi connectivity index (χ1) is 30.9. The van der Waals surface area contributed by atoms with Crippen molar-refractivity contribution in [2.24, 2.45) is 11.8 Å². The minimum Gasteiger partial charge on any atom is -0.334 e. The van der Waals surface area contributed by atoms with Crippen molar-refractivity contribution in [1.82, 2.24) is 4.90 Å². The number of allylic oxidation sites excluding steroid dienone is 16. The Morgan fingerprint density at radius 3 is 2.37 bits per heavy atom. The molecule has 0 amide bonds. The highest BCUT2D eigenvalue weighted by Crippen LogP contribution is 2.52. The lowest BCUT2D eigenvalue weighted by molar-refractivity contribution is 0.370. The fourth-order valence-corrected chi connectivity index (χ4v) is 10.7. The van der Waals surface area contributed by atoms with Gasteiger partial charge in [-0.3, -0.25) is 0 Å². The molecule has 5 atom stereocenters. The van der Waals surface area contributed by atoms with Crippen LogP contribution in [-0.2, 0) is 5.41 Å². The van der Waals surface area contributed by atoms with E-state index >= 15 is 0 Å². The molecule has 0 N–H and O–H groups in total. The molecule has 3 aromatic rings. The molecule has 2 nitrogen and oxygen atoms in total. The van der Waals surface area contributed by atoms with Gasteiger partial charge in [0.05, 0.1) is 12.1 Å². The molecule has 0 heterocycles. The summed E-state index contributed by atoms with van der Waals surface area (Å²) in [5.74, 6) is 0.806. The number of rotatable bonds is 13. The molecule has 0 bridgehead atoms. The van der Waals surface area contributed by atoms with Crippen LogP contribution in [0, 0.1) is 11.8 Å². The van der Waals surface area contributed by atoms with Crippen molar-refractivity contribution in [1.29, 1.82) is 0 Å². The van der Waals surface area contributed by atoms with Gasteiger partial charge in [0.25, 0.3) is 0 Å². The Hall–Kier alpha value is -6.38. The molecule has 0 saturated heterocycles. The van der Waals surface area contributed by atoms with Gasteiger partial charge in [0, 0.05) is 45.2 Å². The first-order valence-electron chi connectivity index (χ1n) is 23.2. The van der Waals surface area contributed by atoms with Gasteiger partial charge in [0.15, 0.2) is 0 Å². The summed E-state index contributed by atoms with van der Waals surface area (Å²) in [5.41, 5.74) is 13.2. The molecule has 6 aliphatic rings. The van der Waals surface area contributed by atoms with E-state index < -0.39 is 0 Å². The molecule has 316 valence electrons. The zero-order chi connectivity index (χ0) is 43.3. The summed E-state index contributed by atoms with van der Waals surface area (Å²) in [6, 6.07) is 26.9. The van der Waals surface area contributed by atoms with Gasteiger partial charge in [0.2, 0.25) is 0 Å². The van der Waals surface area contributed by atoms with Crippen molar-refractivity contribution in [2.45, 2.75) is 82.2 Å². The van der Waals surface area contributed by atoms with Crippen LogP contribution in [0.15, 0.2) is 224 Å². The van der Waals surface area contributed by atoms with Crippen LogP contribution in [0.5, 0.6) is 0 Å². The molecule has 0 aromatic heterocycles.